The van der Waals surface area contributed by atoms with Gasteiger partial charge in [0.15, 0.2) is 5.75 Å². The topological polar surface area (TPSA) is 56.3 Å². The molecule has 0 saturated carbocycles. The van der Waals surface area contributed by atoms with Crippen LogP contribution < -0.4 is 4.74 Å². The van der Waals surface area contributed by atoms with Crippen LogP contribution in [0.25, 0.3) is 10.9 Å². The van der Waals surface area contributed by atoms with Crippen LogP contribution in [0.15, 0.2) is 30.3 Å². The van der Waals surface area contributed by atoms with Crippen molar-refractivity contribution >= 4 is 33.7 Å². The molecule has 5 heteroatoms. The summed E-state index contributed by atoms with van der Waals surface area (Å²) in [6.45, 7) is 1.30. The average molecular weight is 250 g/mol. The maximum absolute atomic E-state index is 11.0. The van der Waals surface area contributed by atoms with E-state index in [2.05, 4.69) is 4.98 Å². The summed E-state index contributed by atoms with van der Waals surface area (Å²) in [5, 5.41) is 0.120. The van der Waals surface area contributed by atoms with Gasteiger partial charge in [-0.15, -0.1) is 0 Å². The first kappa shape index (κ1) is 11.5. The molecule has 0 radical (unpaired) electrons. The summed E-state index contributed by atoms with van der Waals surface area (Å²) < 4.78 is 5.01. The summed E-state index contributed by atoms with van der Waals surface area (Å²) in [5.74, 6) is -0.128. The molecule has 0 aliphatic heterocycles. The normalized spacial score (nSPS) is 10.2. The van der Waals surface area contributed by atoms with Gasteiger partial charge in [0.05, 0.1) is 0 Å². The highest BCUT2D eigenvalue weighted by atomic mass is 35.5. The zero-order valence-corrected chi connectivity index (χ0v) is 9.69. The van der Waals surface area contributed by atoms with E-state index in [9.17, 15) is 9.59 Å². The molecule has 2 rings (SSSR count). The van der Waals surface area contributed by atoms with E-state index in [4.69, 9.17) is 16.3 Å². The Morgan fingerprint density at radius 1 is 1.24 bits per heavy atom. The predicted octanol–water partition coefficient (Wildman–Crippen LogP) is 2.54. The molecule has 1 aromatic carbocycles. The van der Waals surface area contributed by atoms with Crippen molar-refractivity contribution in [3.8, 4) is 5.75 Å². The van der Waals surface area contributed by atoms with Gasteiger partial charge in [0.2, 0.25) is 0 Å². The molecule has 0 bridgehead atoms. The van der Waals surface area contributed by atoms with Gasteiger partial charge in [-0.3, -0.25) is 9.59 Å². The van der Waals surface area contributed by atoms with Crippen molar-refractivity contribution in [2.24, 2.45) is 0 Å². The Kier molecular flexibility index (Phi) is 3.06. The number of aromatic nitrogens is 1. The lowest BCUT2D eigenvalue weighted by Gasteiger charge is -2.05. The van der Waals surface area contributed by atoms with Gasteiger partial charge in [0, 0.05) is 12.3 Å². The molecule has 0 fully saturated rings. The smallest absolute Gasteiger partial charge is 0.308 e. The zero-order valence-electron chi connectivity index (χ0n) is 8.94. The van der Waals surface area contributed by atoms with Crippen LogP contribution in [0, 0.1) is 0 Å². The number of fused-ring (bicyclic) bond motifs is 1. The van der Waals surface area contributed by atoms with Gasteiger partial charge < -0.3 is 4.74 Å². The number of halogens is 1. The number of para-hydroxylation sites is 1. The Bertz CT molecular complexity index is 610. The number of benzene rings is 1. The van der Waals surface area contributed by atoms with E-state index in [1.165, 1.54) is 13.0 Å². The largest absolute Gasteiger partial charge is 0.424 e. The monoisotopic (exact) mass is 249 g/mol. The molecule has 86 valence electrons. The minimum absolute atomic E-state index is 0.124. The maximum Gasteiger partial charge on any atom is 0.308 e. The molecule has 0 spiro atoms. The number of esters is 1. The third-order valence-electron chi connectivity index (χ3n) is 2.14. The fourth-order valence-corrected chi connectivity index (χ4v) is 1.57. The predicted molar refractivity (Wildman–Crippen MR) is 63.2 cm³/mol. The van der Waals surface area contributed by atoms with Crippen molar-refractivity contribution in [1.29, 1.82) is 0 Å². The minimum Gasteiger partial charge on any atom is -0.424 e. The van der Waals surface area contributed by atoms with Crippen LogP contribution in [0.4, 0.5) is 0 Å². The van der Waals surface area contributed by atoms with Crippen LogP contribution in [0.3, 0.4) is 0 Å². The second-order valence-electron chi connectivity index (χ2n) is 3.39. The van der Waals surface area contributed by atoms with E-state index in [0.717, 1.165) is 5.39 Å². The van der Waals surface area contributed by atoms with Crippen molar-refractivity contribution in [3.63, 3.8) is 0 Å². The Labute approximate surface area is 102 Å². The minimum atomic E-state index is -0.649. The van der Waals surface area contributed by atoms with Crippen LogP contribution >= 0.6 is 11.6 Å². The summed E-state index contributed by atoms with van der Waals surface area (Å²) in [6.07, 6.45) is 0. The standard InChI is InChI=1S/C12H8ClNO3/c1-7(15)17-10-4-2-3-8-5-6-9(12(13)16)14-11(8)10/h2-6H,1H3. The van der Waals surface area contributed by atoms with E-state index >= 15 is 0 Å². The second kappa shape index (κ2) is 4.51. The molecule has 2 aromatic rings. The average Bonchev–Trinajstić information content (AvgIpc) is 2.28. The van der Waals surface area contributed by atoms with Crippen LogP contribution in [0.1, 0.15) is 17.4 Å². The summed E-state index contributed by atoms with van der Waals surface area (Å²) in [5.41, 5.74) is 0.563. The first-order valence-corrected chi connectivity index (χ1v) is 5.24. The molecule has 17 heavy (non-hydrogen) atoms. The van der Waals surface area contributed by atoms with Crippen LogP contribution in [-0.2, 0) is 4.79 Å². The van der Waals surface area contributed by atoms with Crippen molar-refractivity contribution in [3.05, 3.63) is 36.0 Å². The van der Waals surface area contributed by atoms with Crippen molar-refractivity contribution in [2.75, 3.05) is 0 Å². The lowest BCUT2D eigenvalue weighted by Crippen LogP contribution is -2.03. The van der Waals surface area contributed by atoms with E-state index in [1.807, 2.05) is 0 Å². The number of hydrogen-bond donors (Lipinski definition) is 0. The van der Waals surface area contributed by atoms with Gasteiger partial charge in [0.25, 0.3) is 5.24 Å². The number of pyridine rings is 1. The highest BCUT2D eigenvalue weighted by molar-refractivity contribution is 6.67. The van der Waals surface area contributed by atoms with Crippen LogP contribution in [0.2, 0.25) is 0 Å². The molecule has 0 saturated heterocycles. The van der Waals surface area contributed by atoms with Gasteiger partial charge in [-0.25, -0.2) is 4.98 Å². The quantitative estimate of drug-likeness (QED) is 0.466. The molecule has 1 heterocycles. The van der Waals surface area contributed by atoms with E-state index in [-0.39, 0.29) is 5.69 Å². The summed E-state index contributed by atoms with van der Waals surface area (Å²) in [4.78, 5) is 26.0. The third kappa shape index (κ3) is 2.42. The Morgan fingerprint density at radius 2 is 2.00 bits per heavy atom. The Morgan fingerprint density at radius 3 is 2.65 bits per heavy atom. The lowest BCUT2D eigenvalue weighted by molar-refractivity contribution is -0.131. The lowest BCUT2D eigenvalue weighted by atomic mass is 10.2. The number of rotatable bonds is 2. The molecule has 0 aliphatic rings. The van der Waals surface area contributed by atoms with Crippen molar-refractivity contribution < 1.29 is 14.3 Å². The molecule has 0 N–H and O–H groups in total. The summed E-state index contributed by atoms with van der Waals surface area (Å²) in [7, 11) is 0. The van der Waals surface area contributed by atoms with Gasteiger partial charge in [-0.2, -0.15) is 0 Å². The van der Waals surface area contributed by atoms with E-state index in [1.54, 1.807) is 24.3 Å². The fraction of sp³-hybridized carbons (Fsp3) is 0.0833. The molecule has 0 aliphatic carbocycles. The van der Waals surface area contributed by atoms with Crippen molar-refractivity contribution in [2.45, 2.75) is 6.92 Å². The van der Waals surface area contributed by atoms with Gasteiger partial charge in [0.1, 0.15) is 11.2 Å². The number of carbonyl (C=O) groups is 2. The maximum atomic E-state index is 11.0. The summed E-state index contributed by atoms with van der Waals surface area (Å²) in [6, 6.07) is 8.38. The van der Waals surface area contributed by atoms with Gasteiger partial charge >= 0.3 is 5.97 Å². The third-order valence-corrected chi connectivity index (χ3v) is 2.33. The highest BCUT2D eigenvalue weighted by Gasteiger charge is 2.09. The molecule has 1 aromatic heterocycles. The number of carbonyl (C=O) groups excluding carboxylic acids is 2. The highest BCUT2D eigenvalue weighted by Crippen LogP contribution is 2.24. The first-order chi connectivity index (χ1) is 8.08. The van der Waals surface area contributed by atoms with E-state index < -0.39 is 11.2 Å². The van der Waals surface area contributed by atoms with Crippen LogP contribution in [-0.4, -0.2) is 16.2 Å². The molecule has 0 amide bonds. The van der Waals surface area contributed by atoms with Crippen LogP contribution in [0.5, 0.6) is 5.75 Å². The Hall–Kier alpha value is -1.94. The number of nitrogens with zero attached hydrogens (tertiary/aromatic N) is 1. The zero-order chi connectivity index (χ0) is 12.4. The van der Waals surface area contributed by atoms with Gasteiger partial charge in [-0.1, -0.05) is 18.2 Å². The molecular weight excluding hydrogens is 242 g/mol. The molecule has 0 atom stereocenters. The molecular formula is C12H8ClNO3. The number of hydrogen-bond acceptors (Lipinski definition) is 4. The van der Waals surface area contributed by atoms with Crippen molar-refractivity contribution in [1.82, 2.24) is 4.98 Å². The Balaban J connectivity index is 2.63. The summed E-state index contributed by atoms with van der Waals surface area (Å²) >= 11 is 5.35. The number of ether oxygens (including phenoxy) is 1. The molecule has 0 unspecified atom stereocenters. The molecule has 4 nitrogen and oxygen atoms in total. The van der Waals surface area contributed by atoms with E-state index in [0.29, 0.717) is 11.3 Å². The van der Waals surface area contributed by atoms with Gasteiger partial charge in [-0.05, 0) is 23.7 Å². The first-order valence-electron chi connectivity index (χ1n) is 4.86. The SMILES string of the molecule is CC(=O)Oc1cccc2ccc(C(=O)Cl)nc12. The second-order valence-corrected chi connectivity index (χ2v) is 3.73. The fourth-order valence-electron chi connectivity index (χ4n) is 1.47.